The molecular weight excluding hydrogens is 644 g/mol. The molecule has 2 saturated carbocycles. The van der Waals surface area contributed by atoms with E-state index in [-0.39, 0.29) is 48.3 Å². The molecule has 6 atom stereocenters. The number of piperidine rings is 1. The summed E-state index contributed by atoms with van der Waals surface area (Å²) >= 11 is 1.22. The highest BCUT2D eigenvalue weighted by atomic mass is 32.1. The summed E-state index contributed by atoms with van der Waals surface area (Å²) < 4.78 is 0. The number of likely N-dealkylation sites (tertiary alicyclic amines) is 1. The van der Waals surface area contributed by atoms with Gasteiger partial charge in [-0.05, 0) is 47.8 Å². The van der Waals surface area contributed by atoms with E-state index in [1.54, 1.807) is 11.6 Å². The lowest BCUT2D eigenvalue weighted by molar-refractivity contribution is -0.145. The van der Waals surface area contributed by atoms with E-state index < -0.39 is 59.1 Å². The van der Waals surface area contributed by atoms with Crippen LogP contribution in [0.2, 0.25) is 0 Å². The zero-order valence-corrected chi connectivity index (χ0v) is 30.0. The molecule has 2 heterocycles. The summed E-state index contributed by atoms with van der Waals surface area (Å²) in [5.74, 6) is -0.704. The Labute approximate surface area is 293 Å². The summed E-state index contributed by atoms with van der Waals surface area (Å²) in [4.78, 5) is 86.8. The number of nitrogens with one attached hydrogen (secondary N) is 4. The number of carbonyl (C=O) groups excluding carboxylic acids is 6. The molecule has 1 aromatic heterocycles. The molecule has 1 unspecified atom stereocenters. The van der Waals surface area contributed by atoms with Crippen molar-refractivity contribution in [3.8, 4) is 12.3 Å². The lowest BCUT2D eigenvalue weighted by Gasteiger charge is -2.38. The summed E-state index contributed by atoms with van der Waals surface area (Å²) in [7, 11) is 0. The number of amides is 5. The Bertz CT molecular complexity index is 1470. The first-order chi connectivity index (χ1) is 23.1. The molecule has 1 aromatic rings. The highest BCUT2D eigenvalue weighted by Crippen LogP contribution is 2.65. The predicted molar refractivity (Wildman–Crippen MR) is 186 cm³/mol. The maximum absolute atomic E-state index is 14.4. The highest BCUT2D eigenvalue weighted by Gasteiger charge is 2.70. The van der Waals surface area contributed by atoms with Crippen LogP contribution in [0.1, 0.15) is 89.4 Å². The Hall–Kier alpha value is -4.05. The molecule has 0 radical (unpaired) electrons. The van der Waals surface area contributed by atoms with E-state index >= 15 is 0 Å². The van der Waals surface area contributed by atoms with Crippen molar-refractivity contribution in [1.82, 2.24) is 31.2 Å². The van der Waals surface area contributed by atoms with Crippen molar-refractivity contribution in [3.05, 3.63) is 29.2 Å². The quantitative estimate of drug-likeness (QED) is 0.100. The van der Waals surface area contributed by atoms with Crippen molar-refractivity contribution in [2.24, 2.45) is 28.6 Å². The molecule has 13 heteroatoms. The standard InChI is InChI=1S/C36H50N6O6S/c1-8-10-16-23(27(43)31(46)37-17-9-2)39-30(45)26-24-22(36(24,6)7)20-42(26)33(47)29(35(3,4)5)41-34(48)40-25(21-14-12-11-13-15-21)28(44)32-38-18-19-49-32/h1,9,18-19,21-26,29H,2,10-17,20H2,3-7H3,(H,37,46)(H,39,45)(H2,40,41,48)/t22-,23?,24-,25-,26-,29+/m0/s1. The zero-order valence-electron chi connectivity index (χ0n) is 29.2. The molecule has 49 heavy (non-hydrogen) atoms. The van der Waals surface area contributed by atoms with Crippen LogP contribution in [0.3, 0.4) is 0 Å². The van der Waals surface area contributed by atoms with Crippen molar-refractivity contribution in [1.29, 1.82) is 0 Å². The Balaban J connectivity index is 1.54. The number of hydrogen-bond donors (Lipinski definition) is 4. The summed E-state index contributed by atoms with van der Waals surface area (Å²) in [6.45, 7) is 13.4. The van der Waals surface area contributed by atoms with Gasteiger partial charge in [-0.1, -0.05) is 60.0 Å². The second-order valence-electron chi connectivity index (χ2n) is 15.1. The van der Waals surface area contributed by atoms with Gasteiger partial charge in [-0.2, -0.15) is 0 Å². The van der Waals surface area contributed by atoms with Gasteiger partial charge in [-0.3, -0.25) is 24.0 Å². The number of urea groups is 1. The molecule has 0 aromatic carbocycles. The van der Waals surface area contributed by atoms with Gasteiger partial charge in [0.25, 0.3) is 5.91 Å². The molecule has 4 rings (SSSR count). The van der Waals surface area contributed by atoms with Crippen LogP contribution < -0.4 is 21.3 Å². The van der Waals surface area contributed by atoms with Crippen molar-refractivity contribution in [3.63, 3.8) is 0 Å². The lowest BCUT2D eigenvalue weighted by atomic mass is 9.82. The average Bonchev–Trinajstić information content (AvgIpc) is 3.52. The summed E-state index contributed by atoms with van der Waals surface area (Å²) in [6, 6.07) is -4.59. The molecule has 0 spiro atoms. The third-order valence-corrected chi connectivity index (χ3v) is 11.1. The Morgan fingerprint density at radius 1 is 1.12 bits per heavy atom. The third-order valence-electron chi connectivity index (χ3n) is 10.3. The van der Waals surface area contributed by atoms with Gasteiger partial charge in [-0.15, -0.1) is 30.3 Å². The van der Waals surface area contributed by atoms with Gasteiger partial charge in [0.1, 0.15) is 12.1 Å². The first kappa shape index (κ1) is 37.8. The van der Waals surface area contributed by atoms with E-state index in [4.69, 9.17) is 6.42 Å². The van der Waals surface area contributed by atoms with Gasteiger partial charge in [-0.25, -0.2) is 9.78 Å². The molecule has 12 nitrogen and oxygen atoms in total. The maximum atomic E-state index is 14.4. The number of thiazole rings is 1. The van der Waals surface area contributed by atoms with Crippen LogP contribution in [0.4, 0.5) is 4.79 Å². The fourth-order valence-electron chi connectivity index (χ4n) is 7.45. The largest absolute Gasteiger partial charge is 0.346 e. The van der Waals surface area contributed by atoms with E-state index in [0.717, 1.165) is 32.1 Å². The highest BCUT2D eigenvalue weighted by molar-refractivity contribution is 7.11. The molecule has 3 fully saturated rings. The van der Waals surface area contributed by atoms with Crippen molar-refractivity contribution in [2.75, 3.05) is 13.1 Å². The van der Waals surface area contributed by atoms with Gasteiger partial charge in [0, 0.05) is 31.1 Å². The van der Waals surface area contributed by atoms with Crippen molar-refractivity contribution in [2.45, 2.75) is 104 Å². The fourth-order valence-corrected chi connectivity index (χ4v) is 8.06. The van der Waals surface area contributed by atoms with Crippen LogP contribution in [-0.2, 0) is 19.2 Å². The van der Waals surface area contributed by atoms with Crippen LogP contribution in [-0.4, -0.2) is 82.5 Å². The second-order valence-corrected chi connectivity index (χ2v) is 15.9. The van der Waals surface area contributed by atoms with Crippen molar-refractivity contribution < 1.29 is 28.8 Å². The fraction of sp³-hybridized carbons (Fsp3) is 0.639. The molecule has 1 saturated heterocycles. The number of hydrogen-bond acceptors (Lipinski definition) is 8. The summed E-state index contributed by atoms with van der Waals surface area (Å²) in [5, 5.41) is 13.0. The van der Waals surface area contributed by atoms with Gasteiger partial charge >= 0.3 is 6.03 Å². The first-order valence-electron chi connectivity index (χ1n) is 17.1. The van der Waals surface area contributed by atoms with Gasteiger partial charge in [0.05, 0.1) is 12.1 Å². The van der Waals surface area contributed by atoms with E-state index in [0.29, 0.717) is 11.6 Å². The second kappa shape index (κ2) is 15.7. The van der Waals surface area contributed by atoms with E-state index in [2.05, 4.69) is 38.8 Å². The maximum Gasteiger partial charge on any atom is 0.316 e. The Kier molecular flexibility index (Phi) is 12.1. The topological polar surface area (TPSA) is 167 Å². The Morgan fingerprint density at radius 2 is 1.82 bits per heavy atom. The molecule has 1 aliphatic heterocycles. The van der Waals surface area contributed by atoms with Gasteiger partial charge in [0.15, 0.2) is 5.01 Å². The number of terminal acetylenes is 1. The normalized spacial score (nSPS) is 23.1. The van der Waals surface area contributed by atoms with Crippen LogP contribution >= 0.6 is 11.3 Å². The van der Waals surface area contributed by atoms with Gasteiger partial charge < -0.3 is 26.2 Å². The minimum absolute atomic E-state index is 0.0315. The predicted octanol–water partition coefficient (Wildman–Crippen LogP) is 3.24. The molecule has 0 bridgehead atoms. The minimum atomic E-state index is -1.18. The monoisotopic (exact) mass is 694 g/mol. The number of rotatable bonds is 14. The molecule has 266 valence electrons. The first-order valence-corrected chi connectivity index (χ1v) is 18.0. The van der Waals surface area contributed by atoms with Gasteiger partial charge in [0.2, 0.25) is 23.4 Å². The van der Waals surface area contributed by atoms with Crippen molar-refractivity contribution >= 4 is 46.7 Å². The number of nitrogens with zero attached hydrogens (tertiary/aromatic N) is 2. The summed E-state index contributed by atoms with van der Waals surface area (Å²) in [5.41, 5.74) is -1.00. The summed E-state index contributed by atoms with van der Waals surface area (Å²) in [6.07, 6.45) is 13.2. The molecule has 4 N–H and O–H groups in total. The van der Waals surface area contributed by atoms with Crippen LogP contribution in [0, 0.1) is 40.9 Å². The number of Topliss-reactive ketones (excluding diaryl/α,β-unsaturated/α-hetero) is 2. The molecule has 3 aliphatic rings. The number of carbonyl (C=O) groups is 6. The van der Waals surface area contributed by atoms with Crippen LogP contribution in [0.25, 0.3) is 0 Å². The van der Waals surface area contributed by atoms with Crippen LogP contribution in [0.15, 0.2) is 24.2 Å². The zero-order chi connectivity index (χ0) is 36.1. The number of fused-ring (bicyclic) bond motifs is 1. The number of ketones is 2. The molecule has 5 amide bonds. The smallest absolute Gasteiger partial charge is 0.316 e. The number of aromatic nitrogens is 1. The van der Waals surface area contributed by atoms with E-state index in [1.807, 2.05) is 34.6 Å². The lowest BCUT2D eigenvalue weighted by Crippen LogP contribution is -2.62. The average molecular weight is 695 g/mol. The SMILES string of the molecule is C#CCCC(NC(=O)[C@@H]1[C@@H]2[C@H](CN1C(=O)[C@@H](NC(=O)N[C@H](C(=O)c1nccs1)C1CCCCC1)C(C)(C)C)C2(C)C)C(=O)C(=O)NCC=C. The van der Waals surface area contributed by atoms with E-state index in [9.17, 15) is 28.8 Å². The minimum Gasteiger partial charge on any atom is -0.346 e. The van der Waals surface area contributed by atoms with E-state index in [1.165, 1.54) is 22.3 Å². The Morgan fingerprint density at radius 3 is 2.41 bits per heavy atom. The molecular formula is C36H50N6O6S. The van der Waals surface area contributed by atoms with Crippen LogP contribution in [0.5, 0.6) is 0 Å². The third kappa shape index (κ3) is 8.58. The molecule has 2 aliphatic carbocycles.